The first kappa shape index (κ1) is 12.5. The van der Waals surface area contributed by atoms with E-state index in [-0.39, 0.29) is 5.69 Å². The number of nitrogens with zero attached hydrogens (tertiary/aromatic N) is 3. The molecule has 0 unspecified atom stereocenters. The molecule has 0 fully saturated rings. The molecule has 2 rings (SSSR count). The summed E-state index contributed by atoms with van der Waals surface area (Å²) in [6, 6.07) is 5.83. The fraction of sp³-hybridized carbons (Fsp3) is 0.250. The molecule has 0 aliphatic carbocycles. The first-order valence-corrected chi connectivity index (χ1v) is 6.26. The van der Waals surface area contributed by atoms with Gasteiger partial charge >= 0.3 is 5.97 Å². The number of aromatic nitrogens is 2. The Hall–Kier alpha value is -1.95. The van der Waals surface area contributed by atoms with Gasteiger partial charge in [0.25, 0.3) is 0 Å². The van der Waals surface area contributed by atoms with Crippen molar-refractivity contribution in [3.8, 4) is 0 Å². The van der Waals surface area contributed by atoms with E-state index in [1.165, 1.54) is 16.7 Å². The number of anilines is 1. The smallest absolute Gasteiger partial charge is 0.355 e. The second kappa shape index (κ2) is 5.14. The van der Waals surface area contributed by atoms with Gasteiger partial charge in [0.15, 0.2) is 10.8 Å². The van der Waals surface area contributed by atoms with Crippen molar-refractivity contribution in [1.82, 2.24) is 9.97 Å². The van der Waals surface area contributed by atoms with Gasteiger partial charge in [-0.15, -0.1) is 11.3 Å². The summed E-state index contributed by atoms with van der Waals surface area (Å²) in [5.74, 6) is -1.00. The molecule has 0 aliphatic heterocycles. The normalized spacial score (nSPS) is 10.3. The summed E-state index contributed by atoms with van der Waals surface area (Å²) < 4.78 is 0. The Morgan fingerprint density at radius 1 is 1.44 bits per heavy atom. The maximum absolute atomic E-state index is 10.8. The molecule has 0 amide bonds. The molecule has 18 heavy (non-hydrogen) atoms. The molecule has 5 nitrogen and oxygen atoms in total. The molecule has 6 heteroatoms. The quantitative estimate of drug-likeness (QED) is 0.915. The van der Waals surface area contributed by atoms with Crippen LogP contribution in [0.2, 0.25) is 0 Å². The van der Waals surface area contributed by atoms with Gasteiger partial charge in [-0.2, -0.15) is 0 Å². The Kier molecular flexibility index (Phi) is 3.57. The zero-order chi connectivity index (χ0) is 13.1. The molecule has 0 atom stereocenters. The largest absolute Gasteiger partial charge is 0.476 e. The fourth-order valence-electron chi connectivity index (χ4n) is 1.54. The number of pyridine rings is 1. The zero-order valence-electron chi connectivity index (χ0n) is 10.1. The molecule has 1 N–H and O–H groups in total. The van der Waals surface area contributed by atoms with Gasteiger partial charge < -0.3 is 10.0 Å². The average Bonchev–Trinajstić information content (AvgIpc) is 2.78. The zero-order valence-corrected chi connectivity index (χ0v) is 10.9. The highest BCUT2D eigenvalue weighted by molar-refractivity contribution is 7.13. The van der Waals surface area contributed by atoms with E-state index in [1.54, 1.807) is 0 Å². The summed E-state index contributed by atoms with van der Waals surface area (Å²) in [5, 5.41) is 11.0. The van der Waals surface area contributed by atoms with E-state index in [4.69, 9.17) is 5.11 Å². The Labute approximate surface area is 109 Å². The van der Waals surface area contributed by atoms with Crippen LogP contribution in [0, 0.1) is 6.92 Å². The second-order valence-corrected chi connectivity index (χ2v) is 4.78. The lowest BCUT2D eigenvalue weighted by Gasteiger charge is -2.15. The molecule has 0 saturated carbocycles. The van der Waals surface area contributed by atoms with Gasteiger partial charge in [-0.3, -0.25) is 4.98 Å². The van der Waals surface area contributed by atoms with E-state index in [9.17, 15) is 4.79 Å². The number of hydrogen-bond acceptors (Lipinski definition) is 5. The van der Waals surface area contributed by atoms with Crippen LogP contribution in [0.4, 0.5) is 5.13 Å². The van der Waals surface area contributed by atoms with E-state index >= 15 is 0 Å². The summed E-state index contributed by atoms with van der Waals surface area (Å²) in [4.78, 5) is 21.1. The van der Waals surface area contributed by atoms with E-state index in [2.05, 4.69) is 9.97 Å². The number of rotatable bonds is 4. The van der Waals surface area contributed by atoms with Crippen molar-refractivity contribution >= 4 is 22.4 Å². The number of carbonyl (C=O) groups is 1. The number of aromatic carboxylic acids is 1. The lowest BCUT2D eigenvalue weighted by molar-refractivity contribution is 0.0691. The number of aryl methyl sites for hydroxylation is 1. The second-order valence-electron chi connectivity index (χ2n) is 3.95. The Balaban J connectivity index is 2.11. The first-order valence-electron chi connectivity index (χ1n) is 5.39. The maximum Gasteiger partial charge on any atom is 0.355 e. The number of hydrogen-bond donors (Lipinski definition) is 1. The predicted molar refractivity (Wildman–Crippen MR) is 70.2 cm³/mol. The molecule has 2 heterocycles. The van der Waals surface area contributed by atoms with Gasteiger partial charge in [-0.25, -0.2) is 9.78 Å². The Morgan fingerprint density at radius 2 is 2.22 bits per heavy atom. The third-order valence-electron chi connectivity index (χ3n) is 2.38. The van der Waals surface area contributed by atoms with Crippen molar-refractivity contribution in [3.63, 3.8) is 0 Å². The highest BCUT2D eigenvalue weighted by Gasteiger charge is 2.12. The van der Waals surface area contributed by atoms with Crippen molar-refractivity contribution in [2.75, 3.05) is 11.9 Å². The number of carboxylic acid groups (broad SMARTS) is 1. The van der Waals surface area contributed by atoms with Crippen LogP contribution in [-0.2, 0) is 6.54 Å². The standard InChI is InChI=1S/C12H13N3O2S/c1-8-4-3-5-9(13-8)6-15(2)12-14-10(7-18-12)11(16)17/h3-5,7H,6H2,1-2H3,(H,16,17). The van der Waals surface area contributed by atoms with E-state index in [1.807, 2.05) is 37.1 Å². The van der Waals surface area contributed by atoms with Crippen LogP contribution in [0.5, 0.6) is 0 Å². The molecule has 0 bridgehead atoms. The topological polar surface area (TPSA) is 66.3 Å². The lowest BCUT2D eigenvalue weighted by atomic mass is 10.3. The van der Waals surface area contributed by atoms with Gasteiger partial charge in [0.2, 0.25) is 0 Å². The highest BCUT2D eigenvalue weighted by Crippen LogP contribution is 2.20. The highest BCUT2D eigenvalue weighted by atomic mass is 32.1. The molecule has 0 spiro atoms. The van der Waals surface area contributed by atoms with Crippen molar-refractivity contribution in [2.45, 2.75) is 13.5 Å². The van der Waals surface area contributed by atoms with Crippen LogP contribution in [0.15, 0.2) is 23.6 Å². The molecular formula is C12H13N3O2S. The van der Waals surface area contributed by atoms with Crippen LogP contribution >= 0.6 is 11.3 Å². The van der Waals surface area contributed by atoms with Crippen LogP contribution in [0.25, 0.3) is 0 Å². The Morgan fingerprint density at radius 3 is 2.83 bits per heavy atom. The average molecular weight is 263 g/mol. The van der Waals surface area contributed by atoms with Crippen molar-refractivity contribution in [2.24, 2.45) is 0 Å². The third-order valence-corrected chi connectivity index (χ3v) is 3.34. The summed E-state index contributed by atoms with van der Waals surface area (Å²) in [5.41, 5.74) is 1.98. The van der Waals surface area contributed by atoms with Crippen molar-refractivity contribution in [3.05, 3.63) is 40.7 Å². The van der Waals surface area contributed by atoms with Crippen LogP contribution < -0.4 is 4.90 Å². The van der Waals surface area contributed by atoms with E-state index in [0.29, 0.717) is 11.7 Å². The Bertz CT molecular complexity index is 568. The molecular weight excluding hydrogens is 250 g/mol. The number of carboxylic acids is 1. The molecule has 0 aromatic carbocycles. The molecule has 94 valence electrons. The van der Waals surface area contributed by atoms with Crippen LogP contribution in [-0.4, -0.2) is 28.1 Å². The number of thiazole rings is 1. The molecule has 2 aromatic rings. The van der Waals surface area contributed by atoms with Gasteiger partial charge in [0.05, 0.1) is 12.2 Å². The lowest BCUT2D eigenvalue weighted by Crippen LogP contribution is -2.17. The van der Waals surface area contributed by atoms with E-state index in [0.717, 1.165) is 11.4 Å². The summed E-state index contributed by atoms with van der Waals surface area (Å²) in [7, 11) is 1.87. The maximum atomic E-state index is 10.8. The summed E-state index contributed by atoms with van der Waals surface area (Å²) in [6.45, 7) is 2.55. The minimum absolute atomic E-state index is 0.0825. The van der Waals surface area contributed by atoms with Gasteiger partial charge in [0.1, 0.15) is 0 Å². The van der Waals surface area contributed by atoms with Gasteiger partial charge in [-0.05, 0) is 19.1 Å². The van der Waals surface area contributed by atoms with Gasteiger partial charge in [-0.1, -0.05) is 6.07 Å². The predicted octanol–water partition coefficient (Wildman–Crippen LogP) is 2.18. The van der Waals surface area contributed by atoms with Crippen molar-refractivity contribution < 1.29 is 9.90 Å². The molecule has 2 aromatic heterocycles. The molecule has 0 aliphatic rings. The summed E-state index contributed by atoms with van der Waals surface area (Å²) in [6.07, 6.45) is 0. The molecule has 0 radical (unpaired) electrons. The van der Waals surface area contributed by atoms with Crippen LogP contribution in [0.3, 0.4) is 0 Å². The minimum atomic E-state index is -1.00. The monoisotopic (exact) mass is 263 g/mol. The van der Waals surface area contributed by atoms with Crippen LogP contribution in [0.1, 0.15) is 21.9 Å². The third kappa shape index (κ3) is 2.84. The van der Waals surface area contributed by atoms with Crippen molar-refractivity contribution in [1.29, 1.82) is 0 Å². The SMILES string of the molecule is Cc1cccc(CN(C)c2nc(C(=O)O)cs2)n1. The molecule has 0 saturated heterocycles. The van der Waals surface area contributed by atoms with E-state index < -0.39 is 5.97 Å². The summed E-state index contributed by atoms with van der Waals surface area (Å²) >= 11 is 1.32. The minimum Gasteiger partial charge on any atom is -0.476 e. The van der Waals surface area contributed by atoms with Gasteiger partial charge in [0, 0.05) is 18.1 Å². The fourth-order valence-corrected chi connectivity index (χ4v) is 2.30. The first-order chi connectivity index (χ1) is 8.56.